The second kappa shape index (κ2) is 8.73. The van der Waals surface area contributed by atoms with Crippen molar-refractivity contribution in [3.05, 3.63) is 89.2 Å². The number of benzene rings is 3. The lowest BCUT2D eigenvalue weighted by Crippen LogP contribution is -1.97. The van der Waals surface area contributed by atoms with Gasteiger partial charge in [-0.15, -0.1) is 0 Å². The van der Waals surface area contributed by atoms with E-state index in [0.717, 1.165) is 37.0 Å². The van der Waals surface area contributed by atoms with Gasteiger partial charge in [-0.3, -0.25) is 0 Å². The Morgan fingerprint density at radius 3 is 2.00 bits per heavy atom. The van der Waals surface area contributed by atoms with E-state index in [2.05, 4.69) is 11.7 Å². The Bertz CT molecular complexity index is 1170. The first-order valence-electron chi connectivity index (χ1n) is 10.0. The van der Waals surface area contributed by atoms with Crippen LogP contribution in [-0.4, -0.2) is 0 Å². The number of hydrogen-bond acceptors (Lipinski definition) is 1. The molecular formula is C25H18F6O. The average Bonchev–Trinajstić information content (AvgIpc) is 3.15. The number of halogens is 6. The molecule has 0 aliphatic heterocycles. The summed E-state index contributed by atoms with van der Waals surface area (Å²) < 4.78 is 86.5. The van der Waals surface area contributed by atoms with Crippen LogP contribution in [0.3, 0.4) is 0 Å². The van der Waals surface area contributed by atoms with Crippen LogP contribution in [0.25, 0.3) is 22.3 Å². The maximum Gasteiger partial charge on any atom is 0.305 e. The summed E-state index contributed by atoms with van der Waals surface area (Å²) in [6, 6.07) is 9.15. The minimum Gasteiger partial charge on any atom is -0.453 e. The average molecular weight is 448 g/mol. The van der Waals surface area contributed by atoms with Crippen LogP contribution in [-0.2, 0) is 12.8 Å². The van der Waals surface area contributed by atoms with Gasteiger partial charge in [-0.1, -0.05) is 31.5 Å². The highest BCUT2D eigenvalue weighted by Gasteiger charge is 2.22. The van der Waals surface area contributed by atoms with Crippen LogP contribution in [0.5, 0.6) is 5.75 Å². The molecule has 4 rings (SSSR count). The number of rotatable bonds is 5. The molecular weight excluding hydrogens is 430 g/mol. The fourth-order valence-corrected chi connectivity index (χ4v) is 4.11. The Hall–Kier alpha value is -3.22. The van der Waals surface area contributed by atoms with Crippen molar-refractivity contribution in [3.63, 3.8) is 0 Å². The largest absolute Gasteiger partial charge is 0.453 e. The number of hydrogen-bond donors (Lipinski definition) is 0. The third kappa shape index (κ3) is 4.24. The molecule has 0 radical (unpaired) electrons. The van der Waals surface area contributed by atoms with Crippen molar-refractivity contribution in [1.82, 2.24) is 0 Å². The minimum absolute atomic E-state index is 0.129. The van der Waals surface area contributed by atoms with Crippen LogP contribution in [0.1, 0.15) is 24.5 Å². The molecule has 1 aliphatic rings. The molecule has 0 aromatic heterocycles. The van der Waals surface area contributed by atoms with E-state index in [1.165, 1.54) is 5.56 Å². The van der Waals surface area contributed by atoms with E-state index < -0.39 is 46.2 Å². The maximum atomic E-state index is 14.9. The molecule has 0 amide bonds. The Balaban J connectivity index is 1.70. The first kappa shape index (κ1) is 22.0. The molecule has 1 atom stereocenters. The van der Waals surface area contributed by atoms with E-state index in [4.69, 9.17) is 0 Å². The SMILES string of the molecule is CCC1Cc2ccc(-c3cc(F)c(-c4cc(F)c(OC=C(F)F)c(F)c4)c(F)c3)cc2C1. The third-order valence-electron chi connectivity index (χ3n) is 5.73. The molecule has 0 heterocycles. The predicted octanol–water partition coefficient (Wildman–Crippen LogP) is 7.82. The Morgan fingerprint density at radius 1 is 0.812 bits per heavy atom. The van der Waals surface area contributed by atoms with E-state index >= 15 is 0 Å². The van der Waals surface area contributed by atoms with Crippen LogP contribution in [0.4, 0.5) is 26.3 Å². The predicted molar refractivity (Wildman–Crippen MR) is 109 cm³/mol. The smallest absolute Gasteiger partial charge is 0.305 e. The summed E-state index contributed by atoms with van der Waals surface area (Å²) in [5, 5.41) is 0. The summed E-state index contributed by atoms with van der Waals surface area (Å²) >= 11 is 0. The van der Waals surface area contributed by atoms with E-state index in [1.807, 2.05) is 12.1 Å². The molecule has 1 aliphatic carbocycles. The molecule has 166 valence electrons. The van der Waals surface area contributed by atoms with Crippen molar-refractivity contribution in [2.45, 2.75) is 26.2 Å². The van der Waals surface area contributed by atoms with Crippen molar-refractivity contribution < 1.29 is 31.1 Å². The summed E-state index contributed by atoms with van der Waals surface area (Å²) in [6.07, 6.45) is 0.529. The molecule has 3 aromatic carbocycles. The van der Waals surface area contributed by atoms with Crippen LogP contribution < -0.4 is 4.74 Å². The molecule has 1 nitrogen and oxygen atoms in total. The zero-order chi connectivity index (χ0) is 23.0. The zero-order valence-corrected chi connectivity index (χ0v) is 17.0. The second-order valence-electron chi connectivity index (χ2n) is 7.78. The summed E-state index contributed by atoms with van der Waals surface area (Å²) in [5.41, 5.74) is 2.28. The van der Waals surface area contributed by atoms with Crippen LogP contribution >= 0.6 is 0 Å². The molecule has 0 N–H and O–H groups in total. The molecule has 1 unspecified atom stereocenters. The van der Waals surface area contributed by atoms with E-state index in [1.54, 1.807) is 6.07 Å². The second-order valence-corrected chi connectivity index (χ2v) is 7.78. The zero-order valence-electron chi connectivity index (χ0n) is 17.0. The van der Waals surface area contributed by atoms with Gasteiger partial charge in [0.15, 0.2) is 23.6 Å². The highest BCUT2D eigenvalue weighted by atomic mass is 19.3. The van der Waals surface area contributed by atoms with Gasteiger partial charge in [0.05, 0.1) is 5.56 Å². The number of fused-ring (bicyclic) bond motifs is 1. The quantitative estimate of drug-likeness (QED) is 0.286. The first-order valence-corrected chi connectivity index (χ1v) is 10.0. The van der Waals surface area contributed by atoms with Crippen molar-refractivity contribution in [2.75, 3.05) is 0 Å². The van der Waals surface area contributed by atoms with Gasteiger partial charge < -0.3 is 4.74 Å². The molecule has 0 fully saturated rings. The topological polar surface area (TPSA) is 9.23 Å². The van der Waals surface area contributed by atoms with E-state index in [0.29, 0.717) is 29.2 Å². The van der Waals surface area contributed by atoms with Gasteiger partial charge in [-0.2, -0.15) is 8.78 Å². The molecule has 32 heavy (non-hydrogen) atoms. The summed E-state index contributed by atoms with van der Waals surface area (Å²) in [6.45, 7) is 2.13. The monoisotopic (exact) mass is 448 g/mol. The van der Waals surface area contributed by atoms with Gasteiger partial charge in [0, 0.05) is 0 Å². The van der Waals surface area contributed by atoms with Gasteiger partial charge in [-0.05, 0) is 70.8 Å². The van der Waals surface area contributed by atoms with Gasteiger partial charge in [-0.25, -0.2) is 17.6 Å². The summed E-state index contributed by atoms with van der Waals surface area (Å²) in [4.78, 5) is 0. The van der Waals surface area contributed by atoms with Crippen LogP contribution in [0.2, 0.25) is 0 Å². The fraction of sp³-hybridized carbons (Fsp3) is 0.200. The molecule has 0 saturated heterocycles. The molecule has 0 bridgehead atoms. The standard InChI is InChI=1S/C25H18F6O/c1-2-13-5-14-3-4-15(7-16(14)6-13)17-8-19(26)24(20(27)9-17)18-10-21(28)25(22(29)11-18)32-12-23(30)31/h3-4,7-13H,2,5-6H2,1H3. The highest BCUT2D eigenvalue weighted by Crippen LogP contribution is 2.36. The Kier molecular flexibility index (Phi) is 6.00. The summed E-state index contributed by atoms with van der Waals surface area (Å²) in [5.74, 6) is -5.29. The summed E-state index contributed by atoms with van der Waals surface area (Å²) in [7, 11) is 0. The normalized spacial score (nSPS) is 14.9. The van der Waals surface area contributed by atoms with E-state index in [-0.39, 0.29) is 6.26 Å². The third-order valence-corrected chi connectivity index (χ3v) is 5.73. The Morgan fingerprint density at radius 2 is 1.41 bits per heavy atom. The van der Waals surface area contributed by atoms with Gasteiger partial charge in [0.2, 0.25) is 0 Å². The van der Waals surface area contributed by atoms with Crippen LogP contribution in [0, 0.1) is 29.2 Å². The van der Waals surface area contributed by atoms with Crippen molar-refractivity contribution >= 4 is 0 Å². The lowest BCUT2D eigenvalue weighted by atomic mass is 9.96. The van der Waals surface area contributed by atoms with Gasteiger partial charge in [0.25, 0.3) is 0 Å². The molecule has 3 aromatic rings. The van der Waals surface area contributed by atoms with Crippen molar-refractivity contribution in [1.29, 1.82) is 0 Å². The molecule has 0 spiro atoms. The maximum absolute atomic E-state index is 14.9. The fourth-order valence-electron chi connectivity index (χ4n) is 4.11. The van der Waals surface area contributed by atoms with Crippen LogP contribution in [0.15, 0.2) is 54.8 Å². The lowest BCUT2D eigenvalue weighted by molar-refractivity contribution is 0.344. The van der Waals surface area contributed by atoms with Crippen molar-refractivity contribution in [3.8, 4) is 28.0 Å². The minimum atomic E-state index is -2.29. The lowest BCUT2D eigenvalue weighted by Gasteiger charge is -2.12. The van der Waals surface area contributed by atoms with E-state index in [9.17, 15) is 26.3 Å². The first-order chi connectivity index (χ1) is 15.3. The number of ether oxygens (including phenoxy) is 1. The molecule has 7 heteroatoms. The molecule has 0 saturated carbocycles. The van der Waals surface area contributed by atoms with Gasteiger partial charge >= 0.3 is 6.08 Å². The Labute approximate surface area is 181 Å². The van der Waals surface area contributed by atoms with Gasteiger partial charge in [0.1, 0.15) is 11.6 Å². The highest BCUT2D eigenvalue weighted by molar-refractivity contribution is 5.73. The van der Waals surface area contributed by atoms with Crippen molar-refractivity contribution in [2.24, 2.45) is 5.92 Å².